The van der Waals surface area contributed by atoms with Crippen LogP contribution in [0.2, 0.25) is 0 Å². The van der Waals surface area contributed by atoms with Crippen molar-refractivity contribution in [3.63, 3.8) is 0 Å². The zero-order chi connectivity index (χ0) is 20.4. The number of rotatable bonds is 5. The Balaban J connectivity index is 2.23. The fourth-order valence-electron chi connectivity index (χ4n) is 3.45. The molecule has 0 saturated heterocycles. The van der Waals surface area contributed by atoms with Crippen LogP contribution in [0.3, 0.4) is 0 Å². The molecule has 0 atom stereocenters. The van der Waals surface area contributed by atoms with Gasteiger partial charge < -0.3 is 9.32 Å². The van der Waals surface area contributed by atoms with Gasteiger partial charge in [-0.15, -0.1) is 0 Å². The Morgan fingerprint density at radius 2 is 1.68 bits per heavy atom. The molecule has 0 aliphatic carbocycles. The minimum atomic E-state index is -0.122. The normalized spacial score (nSPS) is 11.2. The molecule has 3 aromatic rings. The summed E-state index contributed by atoms with van der Waals surface area (Å²) in [6, 6.07) is 13.2. The molecular weight excluding hydrogens is 350 g/mol. The Hall–Kier alpha value is -2.88. The molecule has 0 fully saturated rings. The Bertz CT molecular complexity index is 1060. The van der Waals surface area contributed by atoms with Crippen molar-refractivity contribution in [2.75, 3.05) is 13.1 Å². The van der Waals surface area contributed by atoms with Gasteiger partial charge in [0.15, 0.2) is 11.0 Å². The lowest BCUT2D eigenvalue weighted by Crippen LogP contribution is -2.30. The topological polar surface area (TPSA) is 50.5 Å². The summed E-state index contributed by atoms with van der Waals surface area (Å²) in [5, 5.41) is 0.443. The maximum atomic E-state index is 13.0. The number of fused-ring (bicyclic) bond motifs is 1. The lowest BCUT2D eigenvalue weighted by molar-refractivity contribution is 0.0774. The number of nitrogens with zero attached hydrogens (tertiary/aromatic N) is 1. The molecule has 1 aromatic heterocycles. The van der Waals surface area contributed by atoms with Gasteiger partial charge >= 0.3 is 0 Å². The predicted octanol–water partition coefficient (Wildman–Crippen LogP) is 5.37. The molecule has 146 valence electrons. The van der Waals surface area contributed by atoms with Crippen LogP contribution in [0, 0.1) is 6.92 Å². The maximum absolute atomic E-state index is 13.0. The van der Waals surface area contributed by atoms with Gasteiger partial charge in [0, 0.05) is 24.2 Å². The fraction of sp³-hybridized carbons (Fsp3) is 0.333. The SMILES string of the molecule is CCN(CC)C(=O)c1cccc2c(=O)c(C)c(-c3ccc(C(C)C)cc3)oc12. The number of amides is 1. The zero-order valence-electron chi connectivity index (χ0n) is 17.2. The Kier molecular flexibility index (Phi) is 5.68. The van der Waals surface area contributed by atoms with E-state index in [1.54, 1.807) is 30.0 Å². The van der Waals surface area contributed by atoms with Gasteiger partial charge in [-0.25, -0.2) is 0 Å². The number of para-hydroxylation sites is 1. The number of carbonyl (C=O) groups is 1. The van der Waals surface area contributed by atoms with Gasteiger partial charge in [0.2, 0.25) is 0 Å². The standard InChI is InChI=1S/C24H27NO3/c1-6-25(7-2)24(27)20-10-8-9-19-21(26)16(5)22(28-23(19)20)18-13-11-17(12-14-18)15(3)4/h8-15H,6-7H2,1-5H3. The first-order chi connectivity index (χ1) is 13.4. The Morgan fingerprint density at radius 1 is 1.04 bits per heavy atom. The lowest BCUT2D eigenvalue weighted by atomic mass is 9.99. The third-order valence-corrected chi connectivity index (χ3v) is 5.27. The molecule has 0 N–H and O–H groups in total. The van der Waals surface area contributed by atoms with Crippen molar-refractivity contribution < 1.29 is 9.21 Å². The quantitative estimate of drug-likeness (QED) is 0.600. The molecular formula is C24H27NO3. The Morgan fingerprint density at radius 3 is 2.25 bits per heavy atom. The molecule has 1 heterocycles. The van der Waals surface area contributed by atoms with Crippen molar-refractivity contribution in [2.45, 2.75) is 40.5 Å². The van der Waals surface area contributed by atoms with Crippen LogP contribution in [0.4, 0.5) is 0 Å². The van der Waals surface area contributed by atoms with Crippen molar-refractivity contribution in [1.82, 2.24) is 4.90 Å². The minimum Gasteiger partial charge on any atom is -0.455 e. The smallest absolute Gasteiger partial charge is 0.257 e. The summed E-state index contributed by atoms with van der Waals surface area (Å²) >= 11 is 0. The summed E-state index contributed by atoms with van der Waals surface area (Å²) < 4.78 is 6.20. The van der Waals surface area contributed by atoms with E-state index < -0.39 is 0 Å². The predicted molar refractivity (Wildman–Crippen MR) is 114 cm³/mol. The van der Waals surface area contributed by atoms with Crippen molar-refractivity contribution in [1.29, 1.82) is 0 Å². The second kappa shape index (κ2) is 8.01. The van der Waals surface area contributed by atoms with E-state index in [1.807, 2.05) is 26.0 Å². The van der Waals surface area contributed by atoms with E-state index >= 15 is 0 Å². The molecule has 0 saturated carbocycles. The first kappa shape index (κ1) is 19.9. The summed E-state index contributed by atoms with van der Waals surface area (Å²) in [6.45, 7) is 11.1. The van der Waals surface area contributed by atoms with E-state index in [1.165, 1.54) is 5.56 Å². The second-order valence-electron chi connectivity index (χ2n) is 7.32. The van der Waals surface area contributed by atoms with E-state index in [9.17, 15) is 9.59 Å². The van der Waals surface area contributed by atoms with Crippen LogP contribution in [0.5, 0.6) is 0 Å². The van der Waals surface area contributed by atoms with Gasteiger partial charge in [-0.1, -0.05) is 44.2 Å². The maximum Gasteiger partial charge on any atom is 0.257 e. The monoisotopic (exact) mass is 377 g/mol. The van der Waals surface area contributed by atoms with Crippen molar-refractivity contribution in [3.05, 3.63) is 69.4 Å². The van der Waals surface area contributed by atoms with E-state index in [2.05, 4.69) is 26.0 Å². The fourth-order valence-corrected chi connectivity index (χ4v) is 3.45. The van der Waals surface area contributed by atoms with Crippen molar-refractivity contribution in [2.24, 2.45) is 0 Å². The molecule has 4 nitrogen and oxygen atoms in total. The average Bonchev–Trinajstić information content (AvgIpc) is 2.71. The molecule has 0 unspecified atom stereocenters. The number of benzene rings is 2. The summed E-state index contributed by atoms with van der Waals surface area (Å²) in [5.74, 6) is 0.827. The molecule has 2 aromatic carbocycles. The third kappa shape index (κ3) is 3.47. The first-order valence-corrected chi connectivity index (χ1v) is 9.85. The Labute approximate surface area is 165 Å². The van der Waals surface area contributed by atoms with E-state index in [-0.39, 0.29) is 11.3 Å². The average molecular weight is 377 g/mol. The summed E-state index contributed by atoms with van der Waals surface area (Å²) in [6.07, 6.45) is 0. The molecule has 28 heavy (non-hydrogen) atoms. The molecule has 0 aliphatic heterocycles. The van der Waals surface area contributed by atoms with Gasteiger partial charge in [-0.3, -0.25) is 9.59 Å². The lowest BCUT2D eigenvalue weighted by Gasteiger charge is -2.19. The highest BCUT2D eigenvalue weighted by Crippen LogP contribution is 2.29. The molecule has 4 heteroatoms. The van der Waals surface area contributed by atoms with Gasteiger partial charge in [0.25, 0.3) is 5.91 Å². The van der Waals surface area contributed by atoms with Crippen molar-refractivity contribution >= 4 is 16.9 Å². The zero-order valence-corrected chi connectivity index (χ0v) is 17.2. The third-order valence-electron chi connectivity index (χ3n) is 5.27. The van der Waals surface area contributed by atoms with E-state index in [0.29, 0.717) is 46.9 Å². The number of hydrogen-bond acceptors (Lipinski definition) is 3. The van der Waals surface area contributed by atoms with Crippen LogP contribution in [0.1, 0.15) is 55.1 Å². The highest BCUT2D eigenvalue weighted by Gasteiger charge is 2.21. The number of hydrogen-bond donors (Lipinski definition) is 0. The van der Waals surface area contributed by atoms with Crippen LogP contribution < -0.4 is 5.43 Å². The molecule has 0 spiro atoms. The van der Waals surface area contributed by atoms with Crippen LogP contribution in [-0.2, 0) is 0 Å². The van der Waals surface area contributed by atoms with Gasteiger partial charge in [-0.2, -0.15) is 0 Å². The molecule has 3 rings (SSSR count). The first-order valence-electron chi connectivity index (χ1n) is 9.85. The highest BCUT2D eigenvalue weighted by molar-refractivity contribution is 6.05. The largest absolute Gasteiger partial charge is 0.455 e. The van der Waals surface area contributed by atoms with Gasteiger partial charge in [0.1, 0.15) is 5.76 Å². The van der Waals surface area contributed by atoms with E-state index in [0.717, 1.165) is 5.56 Å². The van der Waals surface area contributed by atoms with Gasteiger partial charge in [-0.05, 0) is 44.4 Å². The highest BCUT2D eigenvalue weighted by atomic mass is 16.3. The molecule has 0 radical (unpaired) electrons. The number of carbonyl (C=O) groups excluding carboxylic acids is 1. The van der Waals surface area contributed by atoms with Crippen LogP contribution in [-0.4, -0.2) is 23.9 Å². The summed E-state index contributed by atoms with van der Waals surface area (Å²) in [4.78, 5) is 27.7. The summed E-state index contributed by atoms with van der Waals surface area (Å²) in [7, 11) is 0. The minimum absolute atomic E-state index is 0.0987. The van der Waals surface area contributed by atoms with Crippen LogP contribution >= 0.6 is 0 Å². The second-order valence-corrected chi connectivity index (χ2v) is 7.32. The van der Waals surface area contributed by atoms with E-state index in [4.69, 9.17) is 4.42 Å². The van der Waals surface area contributed by atoms with Crippen LogP contribution in [0.15, 0.2) is 51.7 Å². The summed E-state index contributed by atoms with van der Waals surface area (Å²) in [5.41, 5.74) is 3.31. The van der Waals surface area contributed by atoms with Gasteiger partial charge in [0.05, 0.1) is 10.9 Å². The molecule has 0 aliphatic rings. The van der Waals surface area contributed by atoms with Crippen molar-refractivity contribution in [3.8, 4) is 11.3 Å². The molecule has 1 amide bonds. The molecule has 0 bridgehead atoms. The van der Waals surface area contributed by atoms with Crippen LogP contribution in [0.25, 0.3) is 22.3 Å².